The van der Waals surface area contributed by atoms with Crippen molar-refractivity contribution in [3.05, 3.63) is 0 Å². The molecule has 3 N–H and O–H groups in total. The van der Waals surface area contributed by atoms with E-state index in [9.17, 15) is 4.79 Å². The molecule has 96 valence electrons. The van der Waals surface area contributed by atoms with Gasteiger partial charge in [-0.2, -0.15) is 0 Å². The highest BCUT2D eigenvalue weighted by Crippen LogP contribution is 2.38. The van der Waals surface area contributed by atoms with Gasteiger partial charge in [0.05, 0.1) is 12.1 Å². The average Bonchev–Trinajstić information content (AvgIpc) is 2.92. The van der Waals surface area contributed by atoms with Gasteiger partial charge >= 0.3 is 0 Å². The third kappa shape index (κ3) is 1.68. The monoisotopic (exact) mass is 240 g/mol. The highest BCUT2D eigenvalue weighted by atomic mass is 16.5. The predicted molar refractivity (Wildman–Crippen MR) is 61.3 cm³/mol. The fourth-order valence-electron chi connectivity index (χ4n) is 3.19. The van der Waals surface area contributed by atoms with Crippen molar-refractivity contribution in [2.24, 2.45) is 11.7 Å². The number of hydrogen-bond acceptors (Lipinski definition) is 4. The van der Waals surface area contributed by atoms with Crippen LogP contribution in [0.3, 0.4) is 0 Å². The van der Waals surface area contributed by atoms with Gasteiger partial charge in [0.15, 0.2) is 0 Å². The zero-order valence-corrected chi connectivity index (χ0v) is 10.1. The summed E-state index contributed by atoms with van der Waals surface area (Å²) in [5.41, 5.74) is 5.40. The van der Waals surface area contributed by atoms with Crippen molar-refractivity contribution in [3.63, 3.8) is 0 Å². The molecular formula is C12H20N2O3. The Morgan fingerprint density at radius 3 is 3.00 bits per heavy atom. The number of ether oxygens (including phenoxy) is 2. The summed E-state index contributed by atoms with van der Waals surface area (Å²) < 4.78 is 11.1. The number of rotatable bonds is 2. The molecule has 5 unspecified atom stereocenters. The molecular weight excluding hydrogens is 220 g/mol. The van der Waals surface area contributed by atoms with Gasteiger partial charge in [-0.1, -0.05) is 0 Å². The van der Waals surface area contributed by atoms with Gasteiger partial charge in [-0.3, -0.25) is 4.79 Å². The van der Waals surface area contributed by atoms with Crippen molar-refractivity contribution in [2.75, 3.05) is 13.2 Å². The van der Waals surface area contributed by atoms with Gasteiger partial charge in [0.25, 0.3) is 5.91 Å². The molecule has 2 heterocycles. The summed E-state index contributed by atoms with van der Waals surface area (Å²) in [6, 6.07) is 0.00692. The number of nitrogens with one attached hydrogen (secondary N) is 1. The third-order valence-corrected chi connectivity index (χ3v) is 4.44. The molecule has 3 aliphatic rings. The second-order valence-electron chi connectivity index (χ2n) is 5.55. The molecule has 3 rings (SSSR count). The first kappa shape index (κ1) is 11.4. The van der Waals surface area contributed by atoms with Gasteiger partial charge in [-0.25, -0.2) is 0 Å². The molecule has 2 saturated heterocycles. The second kappa shape index (κ2) is 3.93. The summed E-state index contributed by atoms with van der Waals surface area (Å²) in [4.78, 5) is 12.2. The van der Waals surface area contributed by atoms with Crippen molar-refractivity contribution < 1.29 is 14.3 Å². The summed E-state index contributed by atoms with van der Waals surface area (Å²) in [6.07, 6.45) is 2.88. The van der Waals surface area contributed by atoms with E-state index in [-0.39, 0.29) is 24.1 Å². The van der Waals surface area contributed by atoms with E-state index in [2.05, 4.69) is 5.32 Å². The molecule has 2 aliphatic heterocycles. The number of carbonyl (C=O) groups excluding carboxylic acids is 1. The van der Waals surface area contributed by atoms with E-state index in [1.165, 1.54) is 0 Å². The predicted octanol–water partition coefficient (Wildman–Crippen LogP) is -0.214. The smallest absolute Gasteiger partial charge is 0.252 e. The van der Waals surface area contributed by atoms with E-state index in [1.54, 1.807) is 0 Å². The Kier molecular flexibility index (Phi) is 2.65. The van der Waals surface area contributed by atoms with Crippen LogP contribution in [0.4, 0.5) is 0 Å². The summed E-state index contributed by atoms with van der Waals surface area (Å²) in [7, 11) is 0. The molecule has 0 bridgehead atoms. The Balaban J connectivity index is 1.62. The normalized spacial score (nSPS) is 48.6. The number of hydrogen-bond donors (Lipinski definition) is 2. The maximum Gasteiger partial charge on any atom is 0.252 e. The molecule has 17 heavy (non-hydrogen) atoms. The first-order chi connectivity index (χ1) is 8.12. The standard InChI is InChI=1S/C12H20N2O3/c1-12(4-2-5-17-12)11(15)14-9-8(13)7-3-6-16-10(7)9/h7-10H,2-6,13H2,1H3,(H,14,15). The van der Waals surface area contributed by atoms with E-state index < -0.39 is 5.60 Å². The van der Waals surface area contributed by atoms with E-state index in [0.29, 0.717) is 12.5 Å². The minimum Gasteiger partial charge on any atom is -0.376 e. The zero-order valence-electron chi connectivity index (χ0n) is 10.1. The van der Waals surface area contributed by atoms with Crippen molar-refractivity contribution >= 4 is 5.91 Å². The van der Waals surface area contributed by atoms with E-state index in [0.717, 1.165) is 25.9 Å². The van der Waals surface area contributed by atoms with Crippen LogP contribution in [0.1, 0.15) is 26.2 Å². The first-order valence-corrected chi connectivity index (χ1v) is 6.44. The molecule has 0 spiro atoms. The topological polar surface area (TPSA) is 73.6 Å². The van der Waals surface area contributed by atoms with Crippen LogP contribution < -0.4 is 11.1 Å². The maximum absolute atomic E-state index is 12.2. The van der Waals surface area contributed by atoms with Crippen LogP contribution in [0.15, 0.2) is 0 Å². The lowest BCUT2D eigenvalue weighted by Crippen LogP contribution is -2.70. The SMILES string of the molecule is CC1(C(=O)NC2C(N)C3CCOC32)CCCO1. The largest absolute Gasteiger partial charge is 0.376 e. The van der Waals surface area contributed by atoms with Gasteiger partial charge < -0.3 is 20.5 Å². The Hall–Kier alpha value is -0.650. The summed E-state index contributed by atoms with van der Waals surface area (Å²) >= 11 is 0. The van der Waals surface area contributed by atoms with Crippen LogP contribution in [-0.4, -0.2) is 42.9 Å². The quantitative estimate of drug-likeness (QED) is 0.700. The van der Waals surface area contributed by atoms with Crippen LogP contribution >= 0.6 is 0 Å². The highest BCUT2D eigenvalue weighted by molar-refractivity contribution is 5.85. The van der Waals surface area contributed by atoms with Crippen LogP contribution in [0.25, 0.3) is 0 Å². The molecule has 1 aliphatic carbocycles. The van der Waals surface area contributed by atoms with E-state index in [1.807, 2.05) is 6.92 Å². The van der Waals surface area contributed by atoms with Crippen LogP contribution in [0, 0.1) is 5.92 Å². The Labute approximate surface area is 101 Å². The third-order valence-electron chi connectivity index (χ3n) is 4.44. The first-order valence-electron chi connectivity index (χ1n) is 6.44. The van der Waals surface area contributed by atoms with Crippen molar-refractivity contribution in [1.82, 2.24) is 5.32 Å². The minimum absolute atomic E-state index is 0.0315. The van der Waals surface area contributed by atoms with Gasteiger partial charge in [-0.05, 0) is 26.2 Å². The lowest BCUT2D eigenvalue weighted by molar-refractivity contribution is -0.144. The van der Waals surface area contributed by atoms with Crippen LogP contribution in [0.2, 0.25) is 0 Å². The van der Waals surface area contributed by atoms with Crippen LogP contribution in [-0.2, 0) is 14.3 Å². The fourth-order valence-corrected chi connectivity index (χ4v) is 3.19. The minimum atomic E-state index is -0.663. The summed E-state index contributed by atoms with van der Waals surface area (Å²) in [6.45, 7) is 3.29. The zero-order chi connectivity index (χ0) is 12.0. The van der Waals surface area contributed by atoms with Gasteiger partial charge in [0.2, 0.25) is 0 Å². The second-order valence-corrected chi connectivity index (χ2v) is 5.55. The molecule has 1 saturated carbocycles. The maximum atomic E-state index is 12.2. The van der Waals surface area contributed by atoms with Crippen LogP contribution in [0.5, 0.6) is 0 Å². The molecule has 5 heteroatoms. The van der Waals surface area contributed by atoms with Crippen molar-refractivity contribution in [1.29, 1.82) is 0 Å². The Morgan fingerprint density at radius 1 is 1.47 bits per heavy atom. The van der Waals surface area contributed by atoms with Crippen molar-refractivity contribution in [3.8, 4) is 0 Å². The molecule has 1 amide bonds. The molecule has 0 aromatic rings. The lowest BCUT2D eigenvalue weighted by Gasteiger charge is -2.46. The Bertz CT molecular complexity index is 328. The molecule has 0 aromatic heterocycles. The number of nitrogens with two attached hydrogens (primary N) is 1. The molecule has 0 aromatic carbocycles. The van der Waals surface area contributed by atoms with E-state index >= 15 is 0 Å². The average molecular weight is 240 g/mol. The lowest BCUT2D eigenvalue weighted by atomic mass is 9.72. The van der Waals surface area contributed by atoms with Gasteiger partial charge in [-0.15, -0.1) is 0 Å². The van der Waals surface area contributed by atoms with Gasteiger partial charge in [0, 0.05) is 25.2 Å². The molecule has 5 atom stereocenters. The number of amides is 1. The number of carbonyl (C=O) groups is 1. The Morgan fingerprint density at radius 2 is 2.29 bits per heavy atom. The molecule has 5 nitrogen and oxygen atoms in total. The van der Waals surface area contributed by atoms with E-state index in [4.69, 9.17) is 15.2 Å². The number of fused-ring (bicyclic) bond motifs is 1. The fraction of sp³-hybridized carbons (Fsp3) is 0.917. The highest BCUT2D eigenvalue weighted by Gasteiger charge is 2.54. The van der Waals surface area contributed by atoms with Gasteiger partial charge in [0.1, 0.15) is 5.60 Å². The molecule has 3 fully saturated rings. The van der Waals surface area contributed by atoms with Crippen molar-refractivity contribution in [2.45, 2.75) is 50.0 Å². The summed E-state index contributed by atoms with van der Waals surface area (Å²) in [5.74, 6) is 0.391. The molecule has 0 radical (unpaired) electrons. The summed E-state index contributed by atoms with van der Waals surface area (Å²) in [5, 5.41) is 3.01.